The minimum Gasteiger partial charge on any atom is -0.372 e. The molecule has 6 heteroatoms. The largest absolute Gasteiger partial charge is 0.372 e. The maximum atomic E-state index is 12.5. The number of hydrogen-bond donors (Lipinski definition) is 2. The van der Waals surface area contributed by atoms with Crippen molar-refractivity contribution in [3.05, 3.63) is 71.5 Å². The number of aromatic nitrogens is 2. The Balaban J connectivity index is 1.64. The number of amides is 1. The van der Waals surface area contributed by atoms with E-state index in [2.05, 4.69) is 39.3 Å². The maximum Gasteiger partial charge on any atom is 0.255 e. The molecule has 0 radical (unpaired) electrons. The number of nitrogens with one attached hydrogen (secondary N) is 2. The standard InChI is InChI=1S/C23H27N5O/c1-5-28(6-2)21-13-11-19(12-14-21)26-22(29)18-7-9-20(10-8-18)27-23-24-16(3)15-17(4)25-23/h7-15H,5-6H2,1-4H3,(H,26,29)(H,24,25,27). The van der Waals surface area contributed by atoms with E-state index in [1.807, 2.05) is 56.3 Å². The molecule has 0 bridgehead atoms. The fourth-order valence-electron chi connectivity index (χ4n) is 3.16. The van der Waals surface area contributed by atoms with Crippen LogP contribution in [0, 0.1) is 13.8 Å². The zero-order chi connectivity index (χ0) is 20.8. The van der Waals surface area contributed by atoms with E-state index < -0.39 is 0 Å². The summed E-state index contributed by atoms with van der Waals surface area (Å²) in [7, 11) is 0. The summed E-state index contributed by atoms with van der Waals surface area (Å²) in [4.78, 5) is 23.5. The van der Waals surface area contributed by atoms with E-state index in [9.17, 15) is 4.79 Å². The van der Waals surface area contributed by atoms with Crippen LogP contribution in [0.5, 0.6) is 0 Å². The summed E-state index contributed by atoms with van der Waals surface area (Å²) in [5.74, 6) is 0.405. The third-order valence-corrected chi connectivity index (χ3v) is 4.64. The molecule has 0 spiro atoms. The maximum absolute atomic E-state index is 12.5. The minimum atomic E-state index is -0.144. The van der Waals surface area contributed by atoms with Gasteiger partial charge in [0.15, 0.2) is 0 Å². The second kappa shape index (κ2) is 9.19. The van der Waals surface area contributed by atoms with Crippen LogP contribution in [0.2, 0.25) is 0 Å². The van der Waals surface area contributed by atoms with Gasteiger partial charge in [-0.15, -0.1) is 0 Å². The number of hydrogen-bond acceptors (Lipinski definition) is 5. The molecule has 1 aromatic heterocycles. The Morgan fingerprint density at radius 2 is 1.41 bits per heavy atom. The highest BCUT2D eigenvalue weighted by Gasteiger charge is 2.08. The van der Waals surface area contributed by atoms with E-state index in [0.717, 1.165) is 41.5 Å². The minimum absolute atomic E-state index is 0.144. The molecule has 0 saturated carbocycles. The smallest absolute Gasteiger partial charge is 0.255 e. The Morgan fingerprint density at radius 1 is 0.862 bits per heavy atom. The molecule has 3 rings (SSSR count). The lowest BCUT2D eigenvalue weighted by molar-refractivity contribution is 0.102. The van der Waals surface area contributed by atoms with Crippen molar-refractivity contribution in [1.82, 2.24) is 9.97 Å². The number of nitrogens with zero attached hydrogens (tertiary/aromatic N) is 3. The second-order valence-corrected chi connectivity index (χ2v) is 6.85. The normalized spacial score (nSPS) is 10.5. The topological polar surface area (TPSA) is 70.2 Å². The van der Waals surface area contributed by atoms with Gasteiger partial charge in [0.05, 0.1) is 0 Å². The summed E-state index contributed by atoms with van der Waals surface area (Å²) in [5.41, 5.74) is 5.15. The summed E-state index contributed by atoms with van der Waals surface area (Å²) >= 11 is 0. The van der Waals surface area contributed by atoms with Gasteiger partial charge in [0.25, 0.3) is 5.91 Å². The van der Waals surface area contributed by atoms with Crippen LogP contribution in [0.25, 0.3) is 0 Å². The lowest BCUT2D eigenvalue weighted by Gasteiger charge is -2.21. The molecule has 3 aromatic rings. The molecule has 6 nitrogen and oxygen atoms in total. The van der Waals surface area contributed by atoms with Crippen molar-refractivity contribution >= 4 is 28.9 Å². The highest BCUT2D eigenvalue weighted by molar-refractivity contribution is 6.04. The Bertz CT molecular complexity index is 943. The third kappa shape index (κ3) is 5.31. The number of rotatable bonds is 7. The number of anilines is 4. The van der Waals surface area contributed by atoms with Crippen LogP contribution >= 0.6 is 0 Å². The van der Waals surface area contributed by atoms with E-state index in [0.29, 0.717) is 11.5 Å². The van der Waals surface area contributed by atoms with Gasteiger partial charge in [-0.05, 0) is 82.3 Å². The van der Waals surface area contributed by atoms with Gasteiger partial charge >= 0.3 is 0 Å². The fourth-order valence-corrected chi connectivity index (χ4v) is 3.16. The van der Waals surface area contributed by atoms with E-state index in [1.54, 1.807) is 12.1 Å². The molecule has 2 aromatic carbocycles. The SMILES string of the molecule is CCN(CC)c1ccc(NC(=O)c2ccc(Nc3nc(C)cc(C)n3)cc2)cc1. The Hall–Kier alpha value is -3.41. The molecular formula is C23H27N5O. The molecule has 0 aliphatic heterocycles. The van der Waals surface area contributed by atoms with Crippen molar-refractivity contribution < 1.29 is 4.79 Å². The van der Waals surface area contributed by atoms with Crippen molar-refractivity contribution in [3.8, 4) is 0 Å². The zero-order valence-corrected chi connectivity index (χ0v) is 17.4. The molecule has 0 aliphatic carbocycles. The summed E-state index contributed by atoms with van der Waals surface area (Å²) in [6.07, 6.45) is 0. The molecule has 0 unspecified atom stereocenters. The molecular weight excluding hydrogens is 362 g/mol. The summed E-state index contributed by atoms with van der Waals surface area (Å²) in [6, 6.07) is 17.1. The number of benzene rings is 2. The Morgan fingerprint density at radius 3 is 1.97 bits per heavy atom. The highest BCUT2D eigenvalue weighted by Crippen LogP contribution is 2.19. The molecule has 2 N–H and O–H groups in total. The monoisotopic (exact) mass is 389 g/mol. The third-order valence-electron chi connectivity index (χ3n) is 4.64. The quantitative estimate of drug-likeness (QED) is 0.599. The van der Waals surface area contributed by atoms with Crippen molar-refractivity contribution in [1.29, 1.82) is 0 Å². The average molecular weight is 390 g/mol. The van der Waals surface area contributed by atoms with Crippen LogP contribution in [0.15, 0.2) is 54.6 Å². The van der Waals surface area contributed by atoms with E-state index >= 15 is 0 Å². The van der Waals surface area contributed by atoms with Crippen LogP contribution in [0.3, 0.4) is 0 Å². The molecule has 150 valence electrons. The average Bonchev–Trinajstić information content (AvgIpc) is 2.70. The summed E-state index contributed by atoms with van der Waals surface area (Å²) in [5, 5.41) is 6.11. The van der Waals surface area contributed by atoms with Gasteiger partial charge in [0.1, 0.15) is 0 Å². The van der Waals surface area contributed by atoms with Crippen LogP contribution in [-0.4, -0.2) is 29.0 Å². The van der Waals surface area contributed by atoms with Gasteiger partial charge in [-0.2, -0.15) is 0 Å². The van der Waals surface area contributed by atoms with Gasteiger partial charge < -0.3 is 15.5 Å². The predicted molar refractivity (Wildman–Crippen MR) is 119 cm³/mol. The molecule has 1 amide bonds. The lowest BCUT2D eigenvalue weighted by Crippen LogP contribution is -2.21. The van der Waals surface area contributed by atoms with Gasteiger partial charge in [-0.25, -0.2) is 9.97 Å². The van der Waals surface area contributed by atoms with E-state index in [4.69, 9.17) is 0 Å². The number of carbonyl (C=O) groups excluding carboxylic acids is 1. The first kappa shape index (κ1) is 20.3. The summed E-state index contributed by atoms with van der Waals surface area (Å²) < 4.78 is 0. The molecule has 0 fully saturated rings. The predicted octanol–water partition coefficient (Wildman–Crippen LogP) is 4.94. The first-order chi connectivity index (χ1) is 14.0. The van der Waals surface area contributed by atoms with Crippen molar-refractivity contribution in [2.75, 3.05) is 28.6 Å². The molecule has 0 atom stereocenters. The van der Waals surface area contributed by atoms with Crippen molar-refractivity contribution in [3.63, 3.8) is 0 Å². The van der Waals surface area contributed by atoms with Crippen molar-refractivity contribution in [2.45, 2.75) is 27.7 Å². The zero-order valence-electron chi connectivity index (χ0n) is 17.4. The van der Waals surface area contributed by atoms with Gasteiger partial charge in [0.2, 0.25) is 5.95 Å². The number of aryl methyl sites for hydroxylation is 2. The van der Waals surface area contributed by atoms with Gasteiger partial charge in [-0.1, -0.05) is 0 Å². The van der Waals surface area contributed by atoms with Gasteiger partial charge in [0, 0.05) is 47.1 Å². The molecule has 29 heavy (non-hydrogen) atoms. The van der Waals surface area contributed by atoms with Gasteiger partial charge in [-0.3, -0.25) is 4.79 Å². The Kier molecular flexibility index (Phi) is 6.44. The van der Waals surface area contributed by atoms with Crippen molar-refractivity contribution in [2.24, 2.45) is 0 Å². The van der Waals surface area contributed by atoms with Crippen LogP contribution in [-0.2, 0) is 0 Å². The first-order valence-corrected chi connectivity index (χ1v) is 9.84. The highest BCUT2D eigenvalue weighted by atomic mass is 16.1. The molecule has 0 saturated heterocycles. The van der Waals surface area contributed by atoms with Crippen LogP contribution in [0.1, 0.15) is 35.6 Å². The second-order valence-electron chi connectivity index (χ2n) is 6.85. The first-order valence-electron chi connectivity index (χ1n) is 9.84. The molecule has 0 aliphatic rings. The van der Waals surface area contributed by atoms with Crippen LogP contribution in [0.4, 0.5) is 23.0 Å². The molecule has 1 heterocycles. The van der Waals surface area contributed by atoms with E-state index in [-0.39, 0.29) is 5.91 Å². The summed E-state index contributed by atoms with van der Waals surface area (Å²) in [6.45, 7) is 10.0. The Labute approximate surface area is 172 Å². The van der Waals surface area contributed by atoms with Crippen LogP contribution < -0.4 is 15.5 Å². The van der Waals surface area contributed by atoms with E-state index in [1.165, 1.54) is 0 Å². The fraction of sp³-hybridized carbons (Fsp3) is 0.261. The lowest BCUT2D eigenvalue weighted by atomic mass is 10.2. The number of carbonyl (C=O) groups is 1.